The summed E-state index contributed by atoms with van der Waals surface area (Å²) in [6.45, 7) is 14.0. The van der Waals surface area contributed by atoms with E-state index in [9.17, 15) is 0 Å². The van der Waals surface area contributed by atoms with Crippen molar-refractivity contribution in [2.75, 3.05) is 46.3 Å². The second-order valence-electron chi connectivity index (χ2n) is 5.01. The van der Waals surface area contributed by atoms with Crippen LogP contribution < -0.4 is 5.32 Å². The van der Waals surface area contributed by atoms with Crippen molar-refractivity contribution in [2.45, 2.75) is 26.8 Å². The molecule has 3 nitrogen and oxygen atoms in total. The topological polar surface area (TPSA) is 18.5 Å². The molecule has 1 rings (SSSR count). The van der Waals surface area contributed by atoms with Crippen LogP contribution in [0.15, 0.2) is 0 Å². The summed E-state index contributed by atoms with van der Waals surface area (Å²) in [4.78, 5) is 5.00. The highest BCUT2D eigenvalue weighted by Crippen LogP contribution is 2.06. The van der Waals surface area contributed by atoms with Crippen LogP contribution >= 0.6 is 0 Å². The summed E-state index contributed by atoms with van der Waals surface area (Å²) in [5, 5.41) is 3.59. The van der Waals surface area contributed by atoms with Crippen molar-refractivity contribution in [3.8, 4) is 0 Å². The molecule has 0 amide bonds. The Bertz CT molecular complexity index is 162. The molecule has 0 saturated carbocycles. The largest absolute Gasteiger partial charge is 0.313 e. The van der Waals surface area contributed by atoms with Gasteiger partial charge in [0.05, 0.1) is 0 Å². The van der Waals surface area contributed by atoms with E-state index in [1.807, 2.05) is 0 Å². The van der Waals surface area contributed by atoms with E-state index in [-0.39, 0.29) is 0 Å². The van der Waals surface area contributed by atoms with Gasteiger partial charge in [-0.3, -0.25) is 4.90 Å². The Morgan fingerprint density at radius 3 is 2.20 bits per heavy atom. The summed E-state index contributed by atoms with van der Waals surface area (Å²) in [6.07, 6.45) is 0. The molecule has 0 bridgehead atoms. The lowest BCUT2D eigenvalue weighted by Crippen LogP contribution is -2.51. The zero-order valence-electron chi connectivity index (χ0n) is 10.8. The Hall–Kier alpha value is -0.120. The first kappa shape index (κ1) is 12.9. The van der Waals surface area contributed by atoms with Crippen LogP contribution in [-0.2, 0) is 0 Å². The van der Waals surface area contributed by atoms with Crippen molar-refractivity contribution in [3.05, 3.63) is 0 Å². The van der Waals surface area contributed by atoms with Gasteiger partial charge in [0, 0.05) is 38.8 Å². The van der Waals surface area contributed by atoms with Gasteiger partial charge in [-0.15, -0.1) is 0 Å². The number of hydrogen-bond acceptors (Lipinski definition) is 3. The SMILES string of the molecule is CCNC(CN1CCN(C)CC1)C(C)C. The minimum atomic E-state index is 0.651. The van der Waals surface area contributed by atoms with E-state index < -0.39 is 0 Å². The van der Waals surface area contributed by atoms with Gasteiger partial charge in [-0.1, -0.05) is 20.8 Å². The maximum atomic E-state index is 3.59. The Morgan fingerprint density at radius 1 is 1.13 bits per heavy atom. The molecule has 3 heteroatoms. The van der Waals surface area contributed by atoms with Crippen molar-refractivity contribution in [1.29, 1.82) is 0 Å². The van der Waals surface area contributed by atoms with Crippen molar-refractivity contribution in [2.24, 2.45) is 5.92 Å². The highest BCUT2D eigenvalue weighted by molar-refractivity contribution is 4.78. The molecule has 1 heterocycles. The number of piperazine rings is 1. The molecule has 0 spiro atoms. The van der Waals surface area contributed by atoms with Gasteiger partial charge in [0.25, 0.3) is 0 Å². The van der Waals surface area contributed by atoms with Crippen molar-refractivity contribution < 1.29 is 0 Å². The lowest BCUT2D eigenvalue weighted by atomic mass is 10.0. The van der Waals surface area contributed by atoms with Gasteiger partial charge in [-0.05, 0) is 19.5 Å². The van der Waals surface area contributed by atoms with E-state index in [1.54, 1.807) is 0 Å². The first-order valence-corrected chi connectivity index (χ1v) is 6.27. The fourth-order valence-electron chi connectivity index (χ4n) is 2.08. The average Bonchev–Trinajstić information content (AvgIpc) is 2.20. The molecular formula is C12H27N3. The van der Waals surface area contributed by atoms with Crippen LogP contribution in [0.3, 0.4) is 0 Å². The third-order valence-corrected chi connectivity index (χ3v) is 3.32. The van der Waals surface area contributed by atoms with Crippen LogP contribution in [0.2, 0.25) is 0 Å². The zero-order valence-corrected chi connectivity index (χ0v) is 10.8. The van der Waals surface area contributed by atoms with E-state index in [0.29, 0.717) is 6.04 Å². The summed E-state index contributed by atoms with van der Waals surface area (Å²) in [5.74, 6) is 0.726. The number of nitrogens with zero attached hydrogens (tertiary/aromatic N) is 2. The molecule has 1 N–H and O–H groups in total. The third kappa shape index (κ3) is 4.49. The van der Waals surface area contributed by atoms with Gasteiger partial charge in [-0.2, -0.15) is 0 Å². The number of rotatable bonds is 5. The lowest BCUT2D eigenvalue weighted by molar-refractivity contribution is 0.134. The Balaban J connectivity index is 2.31. The monoisotopic (exact) mass is 213 g/mol. The maximum absolute atomic E-state index is 3.59. The molecule has 90 valence electrons. The fraction of sp³-hybridized carbons (Fsp3) is 1.00. The number of hydrogen-bond donors (Lipinski definition) is 1. The van der Waals surface area contributed by atoms with Crippen LogP contribution in [0.1, 0.15) is 20.8 Å². The quantitative estimate of drug-likeness (QED) is 0.731. The van der Waals surface area contributed by atoms with Crippen molar-refractivity contribution >= 4 is 0 Å². The van der Waals surface area contributed by atoms with E-state index in [0.717, 1.165) is 12.5 Å². The molecule has 1 atom stereocenters. The van der Waals surface area contributed by atoms with Gasteiger partial charge >= 0.3 is 0 Å². The fourth-order valence-corrected chi connectivity index (χ4v) is 2.08. The molecule has 0 aromatic carbocycles. The van der Waals surface area contributed by atoms with Gasteiger partial charge in [0.1, 0.15) is 0 Å². The second kappa shape index (κ2) is 6.46. The number of nitrogens with one attached hydrogen (secondary N) is 1. The average molecular weight is 213 g/mol. The number of likely N-dealkylation sites (N-methyl/N-ethyl adjacent to an activating group) is 2. The molecule has 1 aliphatic heterocycles. The highest BCUT2D eigenvalue weighted by Gasteiger charge is 2.19. The summed E-state index contributed by atoms with van der Waals surface area (Å²) < 4.78 is 0. The Labute approximate surface area is 94.8 Å². The van der Waals surface area contributed by atoms with Crippen LogP contribution in [-0.4, -0.2) is 62.2 Å². The molecule has 0 aromatic heterocycles. The Kier molecular flexibility index (Phi) is 5.58. The molecule has 1 unspecified atom stereocenters. The first-order chi connectivity index (χ1) is 7.13. The summed E-state index contributed by atoms with van der Waals surface area (Å²) in [5.41, 5.74) is 0. The molecule has 1 aliphatic rings. The predicted molar refractivity (Wildman–Crippen MR) is 66.2 cm³/mol. The molecule has 1 fully saturated rings. The van der Waals surface area contributed by atoms with E-state index in [1.165, 1.54) is 32.7 Å². The normalized spacial score (nSPS) is 22.2. The molecule has 0 aliphatic carbocycles. The van der Waals surface area contributed by atoms with Gasteiger partial charge in [0.2, 0.25) is 0 Å². The smallest absolute Gasteiger partial charge is 0.0217 e. The van der Waals surface area contributed by atoms with Gasteiger partial charge in [-0.25, -0.2) is 0 Å². The molecule has 1 saturated heterocycles. The summed E-state index contributed by atoms with van der Waals surface area (Å²) in [7, 11) is 2.21. The van der Waals surface area contributed by atoms with Gasteiger partial charge in [0.15, 0.2) is 0 Å². The summed E-state index contributed by atoms with van der Waals surface area (Å²) >= 11 is 0. The van der Waals surface area contributed by atoms with Crippen molar-refractivity contribution in [3.63, 3.8) is 0 Å². The first-order valence-electron chi connectivity index (χ1n) is 6.27. The second-order valence-corrected chi connectivity index (χ2v) is 5.01. The van der Waals surface area contributed by atoms with Crippen LogP contribution in [0.25, 0.3) is 0 Å². The summed E-state index contributed by atoms with van der Waals surface area (Å²) in [6, 6.07) is 0.651. The van der Waals surface area contributed by atoms with Crippen molar-refractivity contribution in [1.82, 2.24) is 15.1 Å². The molecular weight excluding hydrogens is 186 g/mol. The standard InChI is InChI=1S/C12H27N3/c1-5-13-12(11(2)3)10-15-8-6-14(4)7-9-15/h11-13H,5-10H2,1-4H3. The van der Waals surface area contributed by atoms with E-state index in [2.05, 4.69) is 42.9 Å². The van der Waals surface area contributed by atoms with Crippen LogP contribution in [0.5, 0.6) is 0 Å². The van der Waals surface area contributed by atoms with Crippen LogP contribution in [0.4, 0.5) is 0 Å². The molecule has 0 radical (unpaired) electrons. The third-order valence-electron chi connectivity index (χ3n) is 3.32. The molecule has 15 heavy (non-hydrogen) atoms. The lowest BCUT2D eigenvalue weighted by Gasteiger charge is -2.36. The highest BCUT2D eigenvalue weighted by atomic mass is 15.3. The van der Waals surface area contributed by atoms with Crippen LogP contribution in [0, 0.1) is 5.92 Å². The van der Waals surface area contributed by atoms with Gasteiger partial charge < -0.3 is 10.2 Å². The maximum Gasteiger partial charge on any atom is 0.0217 e. The van der Waals surface area contributed by atoms with E-state index >= 15 is 0 Å². The minimum Gasteiger partial charge on any atom is -0.313 e. The predicted octanol–water partition coefficient (Wildman–Crippen LogP) is 0.868. The molecule has 0 aromatic rings. The van der Waals surface area contributed by atoms with E-state index in [4.69, 9.17) is 0 Å². The Morgan fingerprint density at radius 2 is 1.73 bits per heavy atom. The minimum absolute atomic E-state index is 0.651. The zero-order chi connectivity index (χ0) is 11.3.